The number of rotatable bonds is 7. The van der Waals surface area contributed by atoms with Gasteiger partial charge in [0.2, 0.25) is 5.89 Å². The van der Waals surface area contributed by atoms with E-state index in [0.29, 0.717) is 12.4 Å². The monoisotopic (exact) mass is 358 g/mol. The summed E-state index contributed by atoms with van der Waals surface area (Å²) >= 11 is 1.63. The highest BCUT2D eigenvalue weighted by Crippen LogP contribution is 2.32. The van der Waals surface area contributed by atoms with E-state index in [-0.39, 0.29) is 0 Å². The van der Waals surface area contributed by atoms with E-state index in [4.69, 9.17) is 13.9 Å². The molecule has 0 aliphatic rings. The number of para-hydroxylation sites is 1. The highest BCUT2D eigenvalue weighted by atomic mass is 32.1. The third kappa shape index (κ3) is 3.86. The normalized spacial score (nSPS) is 11.1. The van der Waals surface area contributed by atoms with Gasteiger partial charge in [-0.25, -0.2) is 4.98 Å². The fourth-order valence-electron chi connectivity index (χ4n) is 2.76. The summed E-state index contributed by atoms with van der Waals surface area (Å²) in [7, 11) is 5.37. The molecule has 0 spiro atoms. The molecular formula is C19H22N2O3S. The van der Waals surface area contributed by atoms with E-state index in [1.54, 1.807) is 25.6 Å². The fourth-order valence-corrected chi connectivity index (χ4v) is 3.41. The summed E-state index contributed by atoms with van der Waals surface area (Å²) in [5.74, 6) is 3.06. The quantitative estimate of drug-likeness (QED) is 0.628. The molecule has 25 heavy (non-hydrogen) atoms. The minimum Gasteiger partial charge on any atom is -0.493 e. The molecule has 1 aromatic carbocycles. The minimum absolute atomic E-state index is 0.690. The predicted octanol–water partition coefficient (Wildman–Crippen LogP) is 4.36. The average molecular weight is 358 g/mol. The zero-order chi connectivity index (χ0) is 17.8. The third-order valence-corrected chi connectivity index (χ3v) is 4.83. The molecule has 3 aromatic rings. The Morgan fingerprint density at radius 1 is 1.12 bits per heavy atom. The van der Waals surface area contributed by atoms with E-state index in [0.717, 1.165) is 39.9 Å². The first-order chi connectivity index (χ1) is 12.1. The Morgan fingerprint density at radius 2 is 1.96 bits per heavy atom. The van der Waals surface area contributed by atoms with Crippen molar-refractivity contribution in [3.63, 3.8) is 0 Å². The number of oxazole rings is 1. The molecule has 0 fully saturated rings. The number of ether oxygens (including phenoxy) is 2. The number of methoxy groups -OCH3 is 2. The lowest BCUT2D eigenvalue weighted by Gasteiger charge is -2.18. The van der Waals surface area contributed by atoms with Gasteiger partial charge in [0, 0.05) is 18.7 Å². The molecule has 0 aliphatic carbocycles. The lowest BCUT2D eigenvalue weighted by molar-refractivity contribution is 0.299. The molecule has 5 nitrogen and oxygen atoms in total. The number of benzene rings is 1. The van der Waals surface area contributed by atoms with Gasteiger partial charge in [0.1, 0.15) is 5.76 Å². The van der Waals surface area contributed by atoms with Crippen molar-refractivity contribution in [2.75, 3.05) is 21.3 Å². The smallest absolute Gasteiger partial charge is 0.236 e. The summed E-state index contributed by atoms with van der Waals surface area (Å²) in [5.41, 5.74) is 2.02. The molecule has 0 saturated heterocycles. The third-order valence-electron chi connectivity index (χ3n) is 3.97. The zero-order valence-electron chi connectivity index (χ0n) is 14.9. The van der Waals surface area contributed by atoms with Crippen LogP contribution in [0.5, 0.6) is 11.5 Å². The van der Waals surface area contributed by atoms with Crippen molar-refractivity contribution in [3.05, 3.63) is 52.7 Å². The van der Waals surface area contributed by atoms with Gasteiger partial charge < -0.3 is 13.9 Å². The lowest BCUT2D eigenvalue weighted by atomic mass is 10.1. The molecule has 0 N–H and O–H groups in total. The van der Waals surface area contributed by atoms with E-state index in [1.807, 2.05) is 42.6 Å². The maximum Gasteiger partial charge on any atom is 0.236 e. The number of aromatic nitrogens is 1. The molecule has 2 aromatic heterocycles. The van der Waals surface area contributed by atoms with Crippen molar-refractivity contribution in [1.82, 2.24) is 9.88 Å². The van der Waals surface area contributed by atoms with Crippen LogP contribution >= 0.6 is 11.3 Å². The Labute approximate surface area is 151 Å². The number of hydrogen-bond donors (Lipinski definition) is 0. The first-order valence-corrected chi connectivity index (χ1v) is 8.89. The molecule has 3 rings (SSSR count). The maximum absolute atomic E-state index is 5.82. The molecule has 2 heterocycles. The van der Waals surface area contributed by atoms with Crippen molar-refractivity contribution in [2.24, 2.45) is 0 Å². The van der Waals surface area contributed by atoms with Crippen LogP contribution in [0.1, 0.15) is 17.0 Å². The molecule has 0 unspecified atom stereocenters. The van der Waals surface area contributed by atoms with E-state index in [9.17, 15) is 0 Å². The van der Waals surface area contributed by atoms with Gasteiger partial charge in [-0.15, -0.1) is 11.3 Å². The van der Waals surface area contributed by atoms with Crippen LogP contribution in [0.25, 0.3) is 10.8 Å². The Morgan fingerprint density at radius 3 is 2.64 bits per heavy atom. The molecule has 6 heteroatoms. The first kappa shape index (κ1) is 17.5. The Hall–Kier alpha value is -2.31. The molecule has 0 atom stereocenters. The van der Waals surface area contributed by atoms with Crippen LogP contribution in [0.2, 0.25) is 0 Å². The molecule has 132 valence electrons. The van der Waals surface area contributed by atoms with Gasteiger partial charge >= 0.3 is 0 Å². The SMILES string of the molecule is COc1cccc(CN(C)Cc2nc(-c3cccs3)oc2C)c1OC. The Bertz CT molecular complexity index is 827. The molecule has 0 aliphatic heterocycles. The van der Waals surface area contributed by atoms with Crippen molar-refractivity contribution >= 4 is 11.3 Å². The summed E-state index contributed by atoms with van der Waals surface area (Å²) in [5, 5.41) is 2.02. The van der Waals surface area contributed by atoms with Gasteiger partial charge in [-0.3, -0.25) is 4.90 Å². The number of thiophene rings is 1. The van der Waals surface area contributed by atoms with E-state index >= 15 is 0 Å². The van der Waals surface area contributed by atoms with Crippen LogP contribution in [-0.4, -0.2) is 31.2 Å². The van der Waals surface area contributed by atoms with Gasteiger partial charge in [0.15, 0.2) is 11.5 Å². The summed E-state index contributed by atoms with van der Waals surface area (Å²) in [6, 6.07) is 9.94. The van der Waals surface area contributed by atoms with Gasteiger partial charge in [-0.05, 0) is 31.5 Å². The second-order valence-electron chi connectivity index (χ2n) is 5.82. The highest BCUT2D eigenvalue weighted by Gasteiger charge is 2.16. The average Bonchev–Trinajstić information content (AvgIpc) is 3.25. The maximum atomic E-state index is 5.82. The Balaban J connectivity index is 1.74. The largest absolute Gasteiger partial charge is 0.493 e. The standard InChI is InChI=1S/C19H22N2O3S/c1-13-15(20-19(24-13)17-9-6-10-25-17)12-21(2)11-14-7-5-8-16(22-3)18(14)23-4/h5-10H,11-12H2,1-4H3. The summed E-state index contributed by atoms with van der Waals surface area (Å²) < 4.78 is 16.7. The summed E-state index contributed by atoms with van der Waals surface area (Å²) in [6.07, 6.45) is 0. The van der Waals surface area contributed by atoms with Crippen LogP contribution in [-0.2, 0) is 13.1 Å². The van der Waals surface area contributed by atoms with Crippen LogP contribution in [0.3, 0.4) is 0 Å². The van der Waals surface area contributed by atoms with Gasteiger partial charge in [-0.2, -0.15) is 0 Å². The highest BCUT2D eigenvalue weighted by molar-refractivity contribution is 7.13. The summed E-state index contributed by atoms with van der Waals surface area (Å²) in [6.45, 7) is 3.38. The van der Waals surface area contributed by atoms with E-state index in [1.165, 1.54) is 0 Å². The van der Waals surface area contributed by atoms with Crippen LogP contribution in [0.15, 0.2) is 40.1 Å². The van der Waals surface area contributed by atoms with Gasteiger partial charge in [-0.1, -0.05) is 18.2 Å². The molecule has 0 bridgehead atoms. The van der Waals surface area contributed by atoms with Gasteiger partial charge in [0.05, 0.1) is 24.8 Å². The lowest BCUT2D eigenvalue weighted by Crippen LogP contribution is -2.18. The van der Waals surface area contributed by atoms with Crippen molar-refractivity contribution in [2.45, 2.75) is 20.0 Å². The van der Waals surface area contributed by atoms with E-state index in [2.05, 4.69) is 16.9 Å². The predicted molar refractivity (Wildman–Crippen MR) is 99.3 cm³/mol. The van der Waals surface area contributed by atoms with Crippen molar-refractivity contribution < 1.29 is 13.9 Å². The molecular weight excluding hydrogens is 336 g/mol. The second-order valence-corrected chi connectivity index (χ2v) is 6.77. The van der Waals surface area contributed by atoms with Crippen molar-refractivity contribution in [3.8, 4) is 22.3 Å². The van der Waals surface area contributed by atoms with Crippen LogP contribution in [0, 0.1) is 6.92 Å². The number of aryl methyl sites for hydroxylation is 1. The molecule has 0 radical (unpaired) electrons. The fraction of sp³-hybridized carbons (Fsp3) is 0.316. The number of hydrogen-bond acceptors (Lipinski definition) is 6. The topological polar surface area (TPSA) is 47.7 Å². The number of nitrogens with zero attached hydrogens (tertiary/aromatic N) is 2. The molecule has 0 saturated carbocycles. The summed E-state index contributed by atoms with van der Waals surface area (Å²) in [4.78, 5) is 7.88. The van der Waals surface area contributed by atoms with Gasteiger partial charge in [0.25, 0.3) is 0 Å². The minimum atomic E-state index is 0.690. The molecule has 0 amide bonds. The Kier molecular flexibility index (Phi) is 5.40. The van der Waals surface area contributed by atoms with E-state index < -0.39 is 0 Å². The van der Waals surface area contributed by atoms with Crippen LogP contribution in [0.4, 0.5) is 0 Å². The zero-order valence-corrected chi connectivity index (χ0v) is 15.7. The van der Waals surface area contributed by atoms with Crippen molar-refractivity contribution in [1.29, 1.82) is 0 Å². The van der Waals surface area contributed by atoms with Crippen LogP contribution < -0.4 is 9.47 Å². The second kappa shape index (κ2) is 7.72. The first-order valence-electron chi connectivity index (χ1n) is 8.01.